The van der Waals surface area contributed by atoms with Crippen LogP contribution in [0.25, 0.3) is 0 Å². The van der Waals surface area contributed by atoms with Crippen LogP contribution >= 0.6 is 12.2 Å². The van der Waals surface area contributed by atoms with Gasteiger partial charge in [-0.3, -0.25) is 9.69 Å². The third-order valence-corrected chi connectivity index (χ3v) is 5.79. The highest BCUT2D eigenvalue weighted by Crippen LogP contribution is 2.31. The Kier molecular flexibility index (Phi) is 6.35. The number of thiocarbonyl (C=S) groups is 1. The first-order valence-electron chi connectivity index (χ1n) is 9.35. The van der Waals surface area contributed by atoms with Gasteiger partial charge in [-0.2, -0.15) is 0 Å². The average molecular weight is 358 g/mol. The number of likely N-dealkylation sites (N-methyl/N-ethyl adjacent to an activating group) is 1. The number of carbonyl (C=O) groups excluding carboxylic acids is 1. The fourth-order valence-electron chi connectivity index (χ4n) is 4.36. The summed E-state index contributed by atoms with van der Waals surface area (Å²) in [6.07, 6.45) is 7.28. The van der Waals surface area contributed by atoms with E-state index in [0.29, 0.717) is 6.04 Å². The number of amides is 1. The predicted octanol–water partition coefficient (Wildman–Crippen LogP) is 3.70. The number of isothiocyanates is 1. The number of benzene rings is 1. The first-order valence-corrected chi connectivity index (χ1v) is 9.76. The summed E-state index contributed by atoms with van der Waals surface area (Å²) in [5, 5.41) is 2.42. The molecule has 3 rings (SSSR count). The molecule has 0 N–H and O–H groups in total. The van der Waals surface area contributed by atoms with Crippen LogP contribution < -0.4 is 0 Å². The zero-order valence-electron chi connectivity index (χ0n) is 14.9. The Balaban J connectivity index is 1.79. The quantitative estimate of drug-likeness (QED) is 0.595. The Morgan fingerprint density at radius 1 is 1.20 bits per heavy atom. The van der Waals surface area contributed by atoms with E-state index in [1.807, 2.05) is 42.3 Å². The molecule has 2 aliphatic rings. The first kappa shape index (κ1) is 18.2. The van der Waals surface area contributed by atoms with Gasteiger partial charge in [0.15, 0.2) is 6.04 Å². The van der Waals surface area contributed by atoms with E-state index < -0.39 is 6.04 Å². The highest BCUT2D eigenvalue weighted by atomic mass is 32.1. The number of nitrogens with zero attached hydrogens (tertiary/aromatic N) is 3. The van der Waals surface area contributed by atoms with Gasteiger partial charge in [0.1, 0.15) is 0 Å². The molecule has 1 amide bonds. The number of likely N-dealkylation sites (tertiary alicyclic amines) is 1. The normalized spacial score (nSPS) is 25.2. The van der Waals surface area contributed by atoms with E-state index in [4.69, 9.17) is 12.2 Å². The minimum Gasteiger partial charge on any atom is -0.339 e. The molecular formula is C20H27N3OS. The van der Waals surface area contributed by atoms with Gasteiger partial charge in [0.25, 0.3) is 5.91 Å². The third-order valence-electron chi connectivity index (χ3n) is 5.68. The van der Waals surface area contributed by atoms with Crippen LogP contribution in [-0.2, 0) is 4.79 Å². The topological polar surface area (TPSA) is 35.9 Å². The van der Waals surface area contributed by atoms with E-state index in [1.165, 1.54) is 45.2 Å². The van der Waals surface area contributed by atoms with Crippen LogP contribution in [0.1, 0.15) is 50.1 Å². The summed E-state index contributed by atoms with van der Waals surface area (Å²) < 4.78 is 0. The molecule has 4 nitrogen and oxygen atoms in total. The average Bonchev–Trinajstić information content (AvgIpc) is 3.20. The highest BCUT2D eigenvalue weighted by Gasteiger charge is 2.37. The van der Waals surface area contributed by atoms with E-state index in [-0.39, 0.29) is 11.9 Å². The molecule has 0 unspecified atom stereocenters. The number of carbonyl (C=O) groups is 1. The summed E-state index contributed by atoms with van der Waals surface area (Å²) in [4.78, 5) is 21.9. The van der Waals surface area contributed by atoms with Crippen molar-refractivity contribution < 1.29 is 4.79 Å². The summed E-state index contributed by atoms with van der Waals surface area (Å²) in [5.41, 5.74) is 0.880. The lowest BCUT2D eigenvalue weighted by Crippen LogP contribution is -2.53. The van der Waals surface area contributed by atoms with Crippen molar-refractivity contribution in [3.8, 4) is 0 Å². The van der Waals surface area contributed by atoms with E-state index in [2.05, 4.69) is 15.1 Å². The Morgan fingerprint density at radius 2 is 1.88 bits per heavy atom. The van der Waals surface area contributed by atoms with Crippen molar-refractivity contribution in [3.63, 3.8) is 0 Å². The van der Waals surface area contributed by atoms with Crippen LogP contribution in [0.5, 0.6) is 0 Å². The van der Waals surface area contributed by atoms with Crippen molar-refractivity contribution >= 4 is 23.3 Å². The van der Waals surface area contributed by atoms with Crippen LogP contribution in [0.2, 0.25) is 0 Å². The summed E-state index contributed by atoms with van der Waals surface area (Å²) in [7, 11) is 1.94. The zero-order valence-corrected chi connectivity index (χ0v) is 15.8. The highest BCUT2D eigenvalue weighted by molar-refractivity contribution is 7.78. The van der Waals surface area contributed by atoms with Crippen molar-refractivity contribution in [2.75, 3.05) is 20.1 Å². The van der Waals surface area contributed by atoms with Crippen molar-refractivity contribution in [3.05, 3.63) is 35.9 Å². The molecule has 134 valence electrons. The molecule has 0 aromatic heterocycles. The molecule has 1 aliphatic carbocycles. The SMILES string of the molecule is CN(C(=O)[C@H](N=C=S)c1ccccc1)[C@H]1CCCC[C@@H]1N1CCCC1. The summed E-state index contributed by atoms with van der Waals surface area (Å²) in [5.74, 6) is 0.0275. The molecule has 1 aromatic carbocycles. The number of aliphatic imine (C=N–C) groups is 1. The van der Waals surface area contributed by atoms with Gasteiger partial charge in [0.2, 0.25) is 0 Å². The Bertz CT molecular complexity index is 623. The van der Waals surface area contributed by atoms with Gasteiger partial charge in [-0.15, -0.1) is 0 Å². The fraction of sp³-hybridized carbons (Fsp3) is 0.600. The molecule has 1 heterocycles. The van der Waals surface area contributed by atoms with Gasteiger partial charge in [-0.05, 0) is 56.6 Å². The molecule has 2 fully saturated rings. The lowest BCUT2D eigenvalue weighted by atomic mass is 9.87. The zero-order chi connectivity index (χ0) is 17.6. The van der Waals surface area contributed by atoms with Crippen LogP contribution in [0, 0.1) is 0 Å². The summed E-state index contributed by atoms with van der Waals surface area (Å²) >= 11 is 4.81. The minimum atomic E-state index is -0.579. The molecule has 1 aliphatic heterocycles. The van der Waals surface area contributed by atoms with E-state index >= 15 is 0 Å². The molecule has 0 spiro atoms. The minimum absolute atomic E-state index is 0.0275. The van der Waals surface area contributed by atoms with Gasteiger partial charge in [-0.1, -0.05) is 43.2 Å². The molecule has 5 heteroatoms. The Hall–Kier alpha value is -1.55. The molecule has 1 saturated heterocycles. The van der Waals surface area contributed by atoms with Crippen LogP contribution in [0.15, 0.2) is 35.3 Å². The maximum absolute atomic E-state index is 13.2. The Labute approximate surface area is 155 Å². The smallest absolute Gasteiger partial charge is 0.252 e. The molecule has 3 atom stereocenters. The third kappa shape index (κ3) is 4.17. The molecule has 1 saturated carbocycles. The van der Waals surface area contributed by atoms with Gasteiger partial charge in [0, 0.05) is 19.1 Å². The van der Waals surface area contributed by atoms with Crippen LogP contribution in [-0.4, -0.2) is 53.1 Å². The monoisotopic (exact) mass is 357 g/mol. The van der Waals surface area contributed by atoms with E-state index in [0.717, 1.165) is 12.0 Å². The summed E-state index contributed by atoms with van der Waals surface area (Å²) in [6.45, 7) is 2.34. The van der Waals surface area contributed by atoms with Gasteiger partial charge >= 0.3 is 0 Å². The van der Waals surface area contributed by atoms with Gasteiger partial charge in [0.05, 0.1) is 5.16 Å². The van der Waals surface area contributed by atoms with Crippen molar-refractivity contribution in [1.29, 1.82) is 0 Å². The van der Waals surface area contributed by atoms with E-state index in [9.17, 15) is 4.79 Å². The summed E-state index contributed by atoms with van der Waals surface area (Å²) in [6, 6.07) is 9.86. The first-order chi connectivity index (χ1) is 12.2. The van der Waals surface area contributed by atoms with Crippen LogP contribution in [0.4, 0.5) is 0 Å². The lowest BCUT2D eigenvalue weighted by Gasteiger charge is -2.43. The number of hydrogen-bond acceptors (Lipinski definition) is 4. The maximum Gasteiger partial charge on any atom is 0.252 e. The molecule has 0 radical (unpaired) electrons. The van der Waals surface area contributed by atoms with Gasteiger partial charge in [-0.25, -0.2) is 4.99 Å². The second-order valence-electron chi connectivity index (χ2n) is 7.14. The fourth-order valence-corrected chi connectivity index (χ4v) is 4.46. The maximum atomic E-state index is 13.2. The van der Waals surface area contributed by atoms with Crippen LogP contribution in [0.3, 0.4) is 0 Å². The van der Waals surface area contributed by atoms with Gasteiger partial charge < -0.3 is 4.90 Å². The number of hydrogen-bond donors (Lipinski definition) is 0. The molecular weight excluding hydrogens is 330 g/mol. The largest absolute Gasteiger partial charge is 0.339 e. The molecule has 25 heavy (non-hydrogen) atoms. The van der Waals surface area contributed by atoms with E-state index in [1.54, 1.807) is 0 Å². The predicted molar refractivity (Wildman–Crippen MR) is 104 cm³/mol. The van der Waals surface area contributed by atoms with Crippen molar-refractivity contribution in [2.24, 2.45) is 4.99 Å². The van der Waals surface area contributed by atoms with Crippen molar-refractivity contribution in [1.82, 2.24) is 9.80 Å². The second-order valence-corrected chi connectivity index (χ2v) is 7.33. The van der Waals surface area contributed by atoms with Crippen molar-refractivity contribution in [2.45, 2.75) is 56.7 Å². The molecule has 1 aromatic rings. The lowest BCUT2D eigenvalue weighted by molar-refractivity contribution is -0.135. The second kappa shape index (κ2) is 8.70. The Morgan fingerprint density at radius 3 is 2.56 bits per heavy atom. The standard InChI is InChI=1S/C20H27N3OS/c1-22(17-11-5-6-12-18(17)23-13-7-8-14-23)20(24)19(21-15-25)16-9-3-2-4-10-16/h2-4,9-10,17-19H,5-8,11-14H2,1H3/t17-,18-,19+/m0/s1. The number of rotatable bonds is 5. The molecule has 0 bridgehead atoms.